The smallest absolute Gasteiger partial charge is 0.132 e. The maximum absolute atomic E-state index is 10.4. The van der Waals surface area contributed by atoms with Gasteiger partial charge in [0.05, 0.1) is 22.6 Å². The van der Waals surface area contributed by atoms with Crippen LogP contribution in [0.4, 0.5) is 0 Å². The summed E-state index contributed by atoms with van der Waals surface area (Å²) in [6.45, 7) is 4.58. The Labute approximate surface area is 236 Å². The topological polar surface area (TPSA) is 110 Å². The third-order valence-corrected chi connectivity index (χ3v) is 7.93. The molecule has 0 aliphatic carbocycles. The number of rotatable bonds is 12. The number of aromatic nitrogens is 3. The van der Waals surface area contributed by atoms with Crippen molar-refractivity contribution in [1.82, 2.24) is 15.0 Å². The highest BCUT2D eigenvalue weighted by Gasteiger charge is 2.24. The van der Waals surface area contributed by atoms with Gasteiger partial charge in [0.2, 0.25) is 0 Å². The summed E-state index contributed by atoms with van der Waals surface area (Å²) in [5.41, 5.74) is 2.46. The minimum atomic E-state index is -0.782. The summed E-state index contributed by atoms with van der Waals surface area (Å²) in [6.07, 6.45) is -1.47. The van der Waals surface area contributed by atoms with E-state index in [2.05, 4.69) is 52.8 Å². The summed E-state index contributed by atoms with van der Waals surface area (Å²) in [7, 11) is 0. The molecule has 0 bridgehead atoms. The van der Waals surface area contributed by atoms with Crippen molar-refractivity contribution in [2.24, 2.45) is 0 Å². The maximum atomic E-state index is 10.4. The van der Waals surface area contributed by atoms with E-state index in [0.29, 0.717) is 20.9 Å². The monoisotopic (exact) mass is 727 g/mol. The van der Waals surface area contributed by atoms with Gasteiger partial charge in [0.1, 0.15) is 46.3 Å². The Morgan fingerprint density at radius 1 is 1.00 bits per heavy atom. The van der Waals surface area contributed by atoms with E-state index < -0.39 is 12.2 Å². The molecule has 0 saturated carbocycles. The van der Waals surface area contributed by atoms with E-state index in [-0.39, 0.29) is 37.7 Å². The fourth-order valence-corrected chi connectivity index (χ4v) is 4.70. The second kappa shape index (κ2) is 12.9. The number of ether oxygens (including phenoxy) is 2. The number of alkyl halides is 1. The fraction of sp³-hybridized carbons (Fsp3) is 0.417. The van der Waals surface area contributed by atoms with E-state index in [9.17, 15) is 15.3 Å². The highest BCUT2D eigenvalue weighted by molar-refractivity contribution is 14.1. The van der Waals surface area contributed by atoms with Crippen LogP contribution >= 0.6 is 56.8 Å². The molecular formula is C24H28ClI2N3O5. The lowest BCUT2D eigenvalue weighted by Gasteiger charge is -2.27. The van der Waals surface area contributed by atoms with E-state index in [1.807, 2.05) is 59.0 Å². The van der Waals surface area contributed by atoms with Gasteiger partial charge in [0.15, 0.2) is 0 Å². The Bertz CT molecular complexity index is 1110. The maximum Gasteiger partial charge on any atom is 0.132 e. The SMILES string of the molecule is CC(C)(c1ccc(OC[C@H](O)CCl)cc1)c1ccc(OC[C@H](O)Cn2nnc(CO)c2I)c(I)c1. The van der Waals surface area contributed by atoms with Gasteiger partial charge in [-0.3, -0.25) is 0 Å². The highest BCUT2D eigenvalue weighted by Crippen LogP contribution is 2.35. The molecule has 2 aromatic carbocycles. The van der Waals surface area contributed by atoms with Crippen LogP contribution in [-0.2, 0) is 18.6 Å². The molecular weight excluding hydrogens is 700 g/mol. The molecule has 1 aromatic heterocycles. The van der Waals surface area contributed by atoms with Gasteiger partial charge >= 0.3 is 0 Å². The van der Waals surface area contributed by atoms with E-state index in [1.54, 1.807) is 4.68 Å². The molecule has 0 unspecified atom stereocenters. The standard InChI is InChI=1S/C24H28ClI2N3O5/c1-24(2,15-3-6-19(7-4-15)34-13-17(32)10-25)16-5-8-22(20(26)9-16)35-14-18(33)11-30-23(27)21(12-31)28-29-30/h3-9,17-18,31-33H,10-14H2,1-2H3/t17-,18-/m1/s1. The predicted octanol–water partition coefficient (Wildman–Crippen LogP) is 3.72. The molecule has 3 rings (SSSR count). The molecule has 2 atom stereocenters. The van der Waals surface area contributed by atoms with Crippen LogP contribution in [-0.4, -0.2) is 61.6 Å². The summed E-state index contributed by atoms with van der Waals surface area (Å²) in [5.74, 6) is 1.50. The van der Waals surface area contributed by atoms with Gasteiger partial charge < -0.3 is 24.8 Å². The van der Waals surface area contributed by atoms with Crippen molar-refractivity contribution in [2.75, 3.05) is 19.1 Å². The summed E-state index contributed by atoms with van der Waals surface area (Å²) >= 11 is 9.89. The quantitative estimate of drug-likeness (QED) is 0.193. The number of aliphatic hydroxyl groups is 3. The molecule has 1 heterocycles. The van der Waals surface area contributed by atoms with Gasteiger partial charge in [-0.1, -0.05) is 37.3 Å². The number of hydrogen-bond donors (Lipinski definition) is 3. The number of hydrogen-bond acceptors (Lipinski definition) is 7. The summed E-state index contributed by atoms with van der Waals surface area (Å²) in [4.78, 5) is 0. The zero-order valence-corrected chi connectivity index (χ0v) is 24.4. The second-order valence-corrected chi connectivity index (χ2v) is 11.0. The van der Waals surface area contributed by atoms with Crippen LogP contribution in [0.3, 0.4) is 0 Å². The molecule has 0 amide bonds. The van der Waals surface area contributed by atoms with Crippen molar-refractivity contribution in [3.05, 3.63) is 66.6 Å². The predicted molar refractivity (Wildman–Crippen MR) is 150 cm³/mol. The second-order valence-electron chi connectivity index (χ2n) is 8.55. The van der Waals surface area contributed by atoms with Gasteiger partial charge in [-0.15, -0.1) is 16.7 Å². The van der Waals surface area contributed by atoms with Crippen LogP contribution in [0.1, 0.15) is 30.7 Å². The third-order valence-electron chi connectivity index (χ3n) is 5.55. The van der Waals surface area contributed by atoms with Gasteiger partial charge in [0, 0.05) is 5.41 Å². The van der Waals surface area contributed by atoms with E-state index in [1.165, 1.54) is 0 Å². The molecule has 0 saturated heterocycles. The van der Waals surface area contributed by atoms with Crippen molar-refractivity contribution in [3.63, 3.8) is 0 Å². The van der Waals surface area contributed by atoms with Crippen molar-refractivity contribution in [3.8, 4) is 11.5 Å². The summed E-state index contributed by atoms with van der Waals surface area (Å²) < 4.78 is 14.6. The Balaban J connectivity index is 1.62. The first-order valence-electron chi connectivity index (χ1n) is 10.9. The van der Waals surface area contributed by atoms with Gasteiger partial charge in [-0.2, -0.15) is 0 Å². The molecule has 3 N–H and O–H groups in total. The number of aliphatic hydroxyl groups excluding tert-OH is 3. The molecule has 8 nitrogen and oxygen atoms in total. The summed E-state index contributed by atoms with van der Waals surface area (Å²) in [6, 6.07) is 13.8. The minimum absolute atomic E-state index is 0.100. The molecule has 35 heavy (non-hydrogen) atoms. The average molecular weight is 728 g/mol. The largest absolute Gasteiger partial charge is 0.491 e. The van der Waals surface area contributed by atoms with Crippen LogP contribution < -0.4 is 9.47 Å². The third kappa shape index (κ3) is 7.41. The lowest BCUT2D eigenvalue weighted by molar-refractivity contribution is 0.0877. The van der Waals surface area contributed by atoms with Crippen LogP contribution in [0.25, 0.3) is 0 Å². The van der Waals surface area contributed by atoms with Crippen molar-refractivity contribution in [1.29, 1.82) is 0 Å². The van der Waals surface area contributed by atoms with Crippen LogP contribution in [0, 0.1) is 7.27 Å². The van der Waals surface area contributed by atoms with Crippen LogP contribution in [0.15, 0.2) is 42.5 Å². The zero-order valence-electron chi connectivity index (χ0n) is 19.4. The molecule has 0 aliphatic heterocycles. The molecule has 0 spiro atoms. The summed E-state index contributed by atoms with van der Waals surface area (Å²) in [5, 5.41) is 37.0. The van der Waals surface area contributed by atoms with Crippen LogP contribution in [0.5, 0.6) is 11.5 Å². The van der Waals surface area contributed by atoms with Crippen LogP contribution in [0.2, 0.25) is 0 Å². The molecule has 0 fully saturated rings. The minimum Gasteiger partial charge on any atom is -0.491 e. The van der Waals surface area contributed by atoms with Crippen molar-refractivity contribution < 1.29 is 24.8 Å². The normalized spacial score (nSPS) is 13.5. The Kier molecular flexibility index (Phi) is 10.4. The van der Waals surface area contributed by atoms with Crippen molar-refractivity contribution >= 4 is 56.8 Å². The van der Waals surface area contributed by atoms with E-state index in [4.69, 9.17) is 21.1 Å². The first-order valence-corrected chi connectivity index (χ1v) is 13.6. The number of nitrogens with zero attached hydrogens (tertiary/aromatic N) is 3. The number of halogens is 3. The van der Waals surface area contributed by atoms with E-state index >= 15 is 0 Å². The zero-order chi connectivity index (χ0) is 25.6. The highest BCUT2D eigenvalue weighted by atomic mass is 127. The first-order chi connectivity index (χ1) is 16.6. The Morgan fingerprint density at radius 3 is 2.26 bits per heavy atom. The average Bonchev–Trinajstić information content (AvgIpc) is 3.20. The Morgan fingerprint density at radius 2 is 1.66 bits per heavy atom. The van der Waals surface area contributed by atoms with E-state index in [0.717, 1.165) is 14.7 Å². The van der Waals surface area contributed by atoms with Gasteiger partial charge in [0.25, 0.3) is 0 Å². The molecule has 0 aliphatic rings. The van der Waals surface area contributed by atoms with Gasteiger partial charge in [-0.05, 0) is 80.6 Å². The number of benzene rings is 2. The van der Waals surface area contributed by atoms with Gasteiger partial charge in [-0.25, -0.2) is 4.68 Å². The molecule has 11 heteroatoms. The molecule has 3 aromatic rings. The molecule has 190 valence electrons. The first kappa shape index (κ1) is 28.4. The lowest BCUT2D eigenvalue weighted by Crippen LogP contribution is -2.25. The van der Waals surface area contributed by atoms with Crippen molar-refractivity contribution in [2.45, 2.75) is 44.6 Å². The molecule has 0 radical (unpaired) electrons. The lowest BCUT2D eigenvalue weighted by atomic mass is 9.78. The Hall–Kier alpha value is -1.19. The fourth-order valence-electron chi connectivity index (χ4n) is 3.37.